The molecule has 2 N–H and O–H groups in total. The molecule has 1 aliphatic rings. The average molecular weight is 245 g/mol. The lowest BCUT2D eigenvalue weighted by molar-refractivity contribution is 0.317. The Morgan fingerprint density at radius 1 is 1.06 bits per heavy atom. The second-order valence-corrected chi connectivity index (χ2v) is 6.20. The molecule has 1 atom stereocenters. The topological polar surface area (TPSA) is 26.0 Å². The number of benzene rings is 1. The second-order valence-electron chi connectivity index (χ2n) is 6.20. The summed E-state index contributed by atoms with van der Waals surface area (Å²) in [5, 5.41) is 0. The maximum absolute atomic E-state index is 6.34. The number of hydrogen-bond donors (Lipinski definition) is 1. The predicted octanol–water partition coefficient (Wildman–Crippen LogP) is 4.14. The van der Waals surface area contributed by atoms with Gasteiger partial charge in [-0.3, -0.25) is 0 Å². The standard InChI is InChI=1S/C17H27N/c1-13-8-14(2)10-16(9-13)12-17(18)11-15-6-4-3-5-7-15/h8-10,15,17H,3-7,11-12,18H2,1-2H3. The number of nitrogens with two attached hydrogens (primary N) is 1. The number of aryl methyl sites for hydroxylation is 2. The zero-order chi connectivity index (χ0) is 13.0. The van der Waals surface area contributed by atoms with Crippen molar-refractivity contribution in [2.75, 3.05) is 0 Å². The van der Waals surface area contributed by atoms with Crippen molar-refractivity contribution < 1.29 is 0 Å². The lowest BCUT2D eigenvalue weighted by atomic mass is 9.84. The van der Waals surface area contributed by atoms with Crippen LogP contribution in [0.3, 0.4) is 0 Å². The van der Waals surface area contributed by atoms with Crippen molar-refractivity contribution in [3.05, 3.63) is 34.9 Å². The van der Waals surface area contributed by atoms with Crippen LogP contribution in [0.1, 0.15) is 55.2 Å². The van der Waals surface area contributed by atoms with Gasteiger partial charge in [-0.25, -0.2) is 0 Å². The van der Waals surface area contributed by atoms with Gasteiger partial charge in [-0.05, 0) is 38.2 Å². The first-order valence-corrected chi connectivity index (χ1v) is 7.46. The summed E-state index contributed by atoms with van der Waals surface area (Å²) in [5.74, 6) is 0.889. The van der Waals surface area contributed by atoms with Crippen molar-refractivity contribution in [1.82, 2.24) is 0 Å². The van der Waals surface area contributed by atoms with Crippen molar-refractivity contribution in [2.24, 2.45) is 11.7 Å². The lowest BCUT2D eigenvalue weighted by Gasteiger charge is -2.24. The van der Waals surface area contributed by atoms with Gasteiger partial charge < -0.3 is 5.73 Å². The molecule has 18 heavy (non-hydrogen) atoms. The average Bonchev–Trinajstić information content (AvgIpc) is 2.28. The van der Waals surface area contributed by atoms with Crippen LogP contribution >= 0.6 is 0 Å². The molecule has 2 rings (SSSR count). The molecule has 1 fully saturated rings. The van der Waals surface area contributed by atoms with Crippen LogP contribution < -0.4 is 5.73 Å². The zero-order valence-electron chi connectivity index (χ0n) is 11.9. The fourth-order valence-electron chi connectivity index (χ4n) is 3.42. The molecule has 1 aliphatic carbocycles. The van der Waals surface area contributed by atoms with E-state index in [0.717, 1.165) is 12.3 Å². The summed E-state index contributed by atoms with van der Waals surface area (Å²) in [6.07, 6.45) is 9.33. The molecule has 0 saturated heterocycles. The molecular formula is C17H27N. The molecule has 1 unspecified atom stereocenters. The second kappa shape index (κ2) is 6.38. The quantitative estimate of drug-likeness (QED) is 0.847. The maximum atomic E-state index is 6.34. The molecule has 1 heteroatoms. The van der Waals surface area contributed by atoms with Gasteiger partial charge in [0.25, 0.3) is 0 Å². The highest BCUT2D eigenvalue weighted by molar-refractivity contribution is 5.29. The van der Waals surface area contributed by atoms with Gasteiger partial charge in [-0.1, -0.05) is 61.4 Å². The Labute approximate surface area is 112 Å². The summed E-state index contributed by atoms with van der Waals surface area (Å²) in [5.41, 5.74) is 10.5. The highest BCUT2D eigenvalue weighted by Crippen LogP contribution is 2.27. The third-order valence-corrected chi connectivity index (χ3v) is 4.14. The van der Waals surface area contributed by atoms with Gasteiger partial charge in [-0.15, -0.1) is 0 Å². The fourth-order valence-corrected chi connectivity index (χ4v) is 3.42. The first kappa shape index (κ1) is 13.6. The molecular weight excluding hydrogens is 218 g/mol. The van der Waals surface area contributed by atoms with Gasteiger partial charge in [0, 0.05) is 6.04 Å². The molecule has 1 nitrogen and oxygen atoms in total. The highest BCUT2D eigenvalue weighted by Gasteiger charge is 2.17. The Balaban J connectivity index is 1.87. The minimum absolute atomic E-state index is 0.342. The van der Waals surface area contributed by atoms with Crippen molar-refractivity contribution in [3.8, 4) is 0 Å². The number of hydrogen-bond acceptors (Lipinski definition) is 1. The largest absolute Gasteiger partial charge is 0.327 e. The van der Waals surface area contributed by atoms with Crippen LogP contribution in [0.2, 0.25) is 0 Å². The van der Waals surface area contributed by atoms with Gasteiger partial charge in [0.1, 0.15) is 0 Å². The van der Waals surface area contributed by atoms with Gasteiger partial charge in [-0.2, -0.15) is 0 Å². The van der Waals surface area contributed by atoms with Crippen molar-refractivity contribution in [2.45, 2.75) is 64.8 Å². The molecule has 1 aromatic rings. The van der Waals surface area contributed by atoms with E-state index < -0.39 is 0 Å². The van der Waals surface area contributed by atoms with Crippen LogP contribution in [0, 0.1) is 19.8 Å². The van der Waals surface area contributed by atoms with E-state index in [1.165, 1.54) is 55.2 Å². The third kappa shape index (κ3) is 4.13. The Kier molecular flexibility index (Phi) is 4.82. The molecule has 0 radical (unpaired) electrons. The molecule has 1 aromatic carbocycles. The van der Waals surface area contributed by atoms with E-state index >= 15 is 0 Å². The molecule has 0 spiro atoms. The van der Waals surface area contributed by atoms with E-state index in [4.69, 9.17) is 5.73 Å². The molecule has 0 amide bonds. The molecule has 1 saturated carbocycles. The highest BCUT2D eigenvalue weighted by atomic mass is 14.6. The SMILES string of the molecule is Cc1cc(C)cc(CC(N)CC2CCCCC2)c1. The minimum atomic E-state index is 0.342. The van der Waals surface area contributed by atoms with Crippen LogP contribution in [0.25, 0.3) is 0 Å². The van der Waals surface area contributed by atoms with Crippen LogP contribution in [0.4, 0.5) is 0 Å². The van der Waals surface area contributed by atoms with Gasteiger partial charge >= 0.3 is 0 Å². The first-order valence-electron chi connectivity index (χ1n) is 7.46. The Morgan fingerprint density at radius 2 is 1.67 bits per heavy atom. The van der Waals surface area contributed by atoms with Gasteiger partial charge in [0.05, 0.1) is 0 Å². The molecule has 0 aliphatic heterocycles. The fraction of sp³-hybridized carbons (Fsp3) is 0.647. The van der Waals surface area contributed by atoms with E-state index in [-0.39, 0.29) is 0 Å². The smallest absolute Gasteiger partial charge is 0.00819 e. The van der Waals surface area contributed by atoms with Crippen molar-refractivity contribution in [1.29, 1.82) is 0 Å². The molecule has 0 aromatic heterocycles. The zero-order valence-corrected chi connectivity index (χ0v) is 11.9. The summed E-state index contributed by atoms with van der Waals surface area (Å²) in [6, 6.07) is 7.15. The Hall–Kier alpha value is -0.820. The monoisotopic (exact) mass is 245 g/mol. The lowest BCUT2D eigenvalue weighted by Crippen LogP contribution is -2.27. The van der Waals surface area contributed by atoms with Gasteiger partial charge in [0.15, 0.2) is 0 Å². The Morgan fingerprint density at radius 3 is 2.28 bits per heavy atom. The normalized spacial score (nSPS) is 18.8. The third-order valence-electron chi connectivity index (χ3n) is 4.14. The van der Waals surface area contributed by atoms with Crippen molar-refractivity contribution in [3.63, 3.8) is 0 Å². The maximum Gasteiger partial charge on any atom is 0.00819 e. The van der Waals surface area contributed by atoms with E-state index in [2.05, 4.69) is 32.0 Å². The van der Waals surface area contributed by atoms with Gasteiger partial charge in [0.2, 0.25) is 0 Å². The summed E-state index contributed by atoms with van der Waals surface area (Å²) in [7, 11) is 0. The van der Waals surface area contributed by atoms with E-state index in [0.29, 0.717) is 6.04 Å². The first-order chi connectivity index (χ1) is 8.63. The minimum Gasteiger partial charge on any atom is -0.327 e. The Bertz CT molecular complexity index is 357. The van der Waals surface area contributed by atoms with Crippen LogP contribution in [-0.2, 0) is 6.42 Å². The van der Waals surface area contributed by atoms with Crippen LogP contribution in [-0.4, -0.2) is 6.04 Å². The summed E-state index contributed by atoms with van der Waals surface area (Å²) in [4.78, 5) is 0. The predicted molar refractivity (Wildman–Crippen MR) is 78.8 cm³/mol. The molecule has 0 bridgehead atoms. The molecule has 0 heterocycles. The molecule has 100 valence electrons. The summed E-state index contributed by atoms with van der Waals surface area (Å²) < 4.78 is 0. The van der Waals surface area contributed by atoms with Crippen LogP contribution in [0.5, 0.6) is 0 Å². The van der Waals surface area contributed by atoms with E-state index in [1.807, 2.05) is 0 Å². The van der Waals surface area contributed by atoms with Crippen molar-refractivity contribution >= 4 is 0 Å². The number of rotatable bonds is 4. The summed E-state index contributed by atoms with van der Waals surface area (Å²) in [6.45, 7) is 4.34. The van der Waals surface area contributed by atoms with E-state index in [1.54, 1.807) is 0 Å². The van der Waals surface area contributed by atoms with E-state index in [9.17, 15) is 0 Å². The van der Waals surface area contributed by atoms with Crippen LogP contribution in [0.15, 0.2) is 18.2 Å². The summed E-state index contributed by atoms with van der Waals surface area (Å²) >= 11 is 0.